The van der Waals surface area contributed by atoms with Gasteiger partial charge in [0.1, 0.15) is 12.6 Å². The number of sulfonamides is 1. The highest BCUT2D eigenvalue weighted by Gasteiger charge is 2.32. The molecule has 0 radical (unpaired) electrons. The maximum absolute atomic E-state index is 13.8. The molecular weight excluding hydrogens is 533 g/mol. The maximum atomic E-state index is 13.8. The van der Waals surface area contributed by atoms with Crippen LogP contribution < -0.4 is 9.62 Å². The molecule has 0 saturated carbocycles. The topological polar surface area (TPSA) is 86.8 Å². The number of benzene rings is 3. The highest BCUT2D eigenvalue weighted by atomic mass is 35.5. The molecule has 0 heterocycles. The third-order valence-electron chi connectivity index (χ3n) is 6.02. The number of hydrogen-bond acceptors (Lipinski definition) is 4. The van der Waals surface area contributed by atoms with Crippen molar-refractivity contribution in [3.05, 3.63) is 93.5 Å². The summed E-state index contributed by atoms with van der Waals surface area (Å²) in [5.74, 6) is -0.946. The summed E-state index contributed by atoms with van der Waals surface area (Å²) in [6, 6.07) is 17.4. The highest BCUT2D eigenvalue weighted by Crippen LogP contribution is 2.28. The first-order valence-corrected chi connectivity index (χ1v) is 13.7. The third-order valence-corrected chi connectivity index (χ3v) is 8.54. The second-order valence-electron chi connectivity index (χ2n) is 8.67. The van der Waals surface area contributed by atoms with Crippen LogP contribution in [0.5, 0.6) is 0 Å². The molecule has 3 aromatic carbocycles. The van der Waals surface area contributed by atoms with Gasteiger partial charge in [-0.25, -0.2) is 8.42 Å². The van der Waals surface area contributed by atoms with E-state index < -0.39 is 34.4 Å². The fourth-order valence-corrected chi connectivity index (χ4v) is 5.62. The molecule has 0 aliphatic heterocycles. The molecule has 0 saturated heterocycles. The number of nitrogens with zero attached hydrogens (tertiary/aromatic N) is 2. The number of carbonyl (C=O) groups excluding carboxylic acids is 2. The van der Waals surface area contributed by atoms with Gasteiger partial charge in [0.15, 0.2) is 0 Å². The number of rotatable bonds is 9. The van der Waals surface area contributed by atoms with Crippen molar-refractivity contribution in [3.8, 4) is 0 Å². The summed E-state index contributed by atoms with van der Waals surface area (Å²) in [6.45, 7) is 4.74. The van der Waals surface area contributed by atoms with Gasteiger partial charge in [-0.3, -0.25) is 13.9 Å². The van der Waals surface area contributed by atoms with E-state index in [2.05, 4.69) is 5.32 Å². The average Bonchev–Trinajstić information content (AvgIpc) is 2.87. The van der Waals surface area contributed by atoms with Crippen molar-refractivity contribution in [2.45, 2.75) is 38.3 Å². The van der Waals surface area contributed by atoms with Gasteiger partial charge in [0.2, 0.25) is 11.8 Å². The van der Waals surface area contributed by atoms with E-state index in [9.17, 15) is 18.0 Å². The van der Waals surface area contributed by atoms with Crippen LogP contribution in [0.4, 0.5) is 5.69 Å². The zero-order chi connectivity index (χ0) is 27.3. The smallest absolute Gasteiger partial charge is 0.264 e. The van der Waals surface area contributed by atoms with Crippen molar-refractivity contribution < 1.29 is 18.0 Å². The Morgan fingerprint density at radius 3 is 2.19 bits per heavy atom. The standard InChI is InChI=1S/C27H29Cl2N3O4S/c1-18-9-12-22(13-10-18)37(35,36)32(25-8-6-5-7-19(25)2)17-26(33)31(20(3)27(34)30-4)16-21-11-14-23(28)24(29)15-21/h5-15,20H,16-17H2,1-4H3,(H,30,34)/t20-/m0/s1. The van der Waals surface area contributed by atoms with Gasteiger partial charge in [-0.05, 0) is 62.2 Å². The molecule has 1 atom stereocenters. The van der Waals surface area contributed by atoms with E-state index in [1.165, 1.54) is 24.1 Å². The highest BCUT2D eigenvalue weighted by molar-refractivity contribution is 7.92. The number of carbonyl (C=O) groups is 2. The molecule has 3 aromatic rings. The molecule has 37 heavy (non-hydrogen) atoms. The molecule has 196 valence electrons. The molecular formula is C27H29Cl2N3O4S. The number of para-hydroxylation sites is 1. The van der Waals surface area contributed by atoms with Gasteiger partial charge in [0.25, 0.3) is 10.0 Å². The summed E-state index contributed by atoms with van der Waals surface area (Å²) in [5, 5.41) is 3.22. The van der Waals surface area contributed by atoms with Crippen LogP contribution in [0.1, 0.15) is 23.6 Å². The van der Waals surface area contributed by atoms with Gasteiger partial charge in [0, 0.05) is 13.6 Å². The van der Waals surface area contributed by atoms with Gasteiger partial charge in [0.05, 0.1) is 20.6 Å². The molecule has 7 nitrogen and oxygen atoms in total. The number of likely N-dealkylation sites (N-methyl/N-ethyl adjacent to an activating group) is 1. The predicted octanol–water partition coefficient (Wildman–Crippen LogP) is 4.97. The van der Waals surface area contributed by atoms with Crippen LogP contribution in [0.25, 0.3) is 0 Å². The molecule has 2 amide bonds. The molecule has 0 bridgehead atoms. The second kappa shape index (κ2) is 12.0. The largest absolute Gasteiger partial charge is 0.357 e. The van der Waals surface area contributed by atoms with Crippen LogP contribution in [0.15, 0.2) is 71.6 Å². The van der Waals surface area contributed by atoms with E-state index in [1.807, 2.05) is 6.92 Å². The minimum absolute atomic E-state index is 0.0243. The Hall–Kier alpha value is -3.07. The monoisotopic (exact) mass is 561 g/mol. The quantitative estimate of drug-likeness (QED) is 0.399. The summed E-state index contributed by atoms with van der Waals surface area (Å²) in [5.41, 5.74) is 2.60. The van der Waals surface area contributed by atoms with Crippen molar-refractivity contribution >= 4 is 50.7 Å². The van der Waals surface area contributed by atoms with Crippen molar-refractivity contribution in [2.75, 3.05) is 17.9 Å². The summed E-state index contributed by atoms with van der Waals surface area (Å²) in [7, 11) is -2.64. The maximum Gasteiger partial charge on any atom is 0.264 e. The van der Waals surface area contributed by atoms with E-state index >= 15 is 0 Å². The molecule has 0 unspecified atom stereocenters. The molecule has 0 spiro atoms. The third kappa shape index (κ3) is 6.63. The summed E-state index contributed by atoms with van der Waals surface area (Å²) in [4.78, 5) is 27.7. The Balaban J connectivity index is 2.05. The lowest BCUT2D eigenvalue weighted by Crippen LogP contribution is -2.50. The van der Waals surface area contributed by atoms with Crippen LogP contribution >= 0.6 is 23.2 Å². The van der Waals surface area contributed by atoms with E-state index in [1.54, 1.807) is 68.4 Å². The Morgan fingerprint density at radius 2 is 1.59 bits per heavy atom. The molecule has 3 rings (SSSR count). The van der Waals surface area contributed by atoms with Crippen LogP contribution in [0.3, 0.4) is 0 Å². The first kappa shape index (κ1) is 28.5. The Kier molecular flexibility index (Phi) is 9.23. The first-order chi connectivity index (χ1) is 17.4. The number of halogens is 2. The summed E-state index contributed by atoms with van der Waals surface area (Å²) < 4.78 is 28.7. The molecule has 0 aromatic heterocycles. The van der Waals surface area contributed by atoms with Gasteiger partial charge in [-0.2, -0.15) is 0 Å². The Bertz CT molecular complexity index is 1400. The molecule has 0 aliphatic rings. The van der Waals surface area contributed by atoms with Crippen molar-refractivity contribution in [1.29, 1.82) is 0 Å². The normalized spacial score (nSPS) is 12.1. The summed E-state index contributed by atoms with van der Waals surface area (Å²) >= 11 is 12.2. The number of nitrogens with one attached hydrogen (secondary N) is 1. The van der Waals surface area contributed by atoms with Crippen molar-refractivity contribution in [2.24, 2.45) is 0 Å². The Labute approximate surface area is 228 Å². The number of anilines is 1. The van der Waals surface area contributed by atoms with Gasteiger partial charge in [-0.15, -0.1) is 0 Å². The second-order valence-corrected chi connectivity index (χ2v) is 11.3. The molecule has 1 N–H and O–H groups in total. The first-order valence-electron chi connectivity index (χ1n) is 11.6. The number of aryl methyl sites for hydroxylation is 2. The number of amides is 2. The van der Waals surface area contributed by atoms with E-state index in [4.69, 9.17) is 23.2 Å². The summed E-state index contributed by atoms with van der Waals surface area (Å²) in [6.07, 6.45) is 0. The minimum Gasteiger partial charge on any atom is -0.357 e. The van der Waals surface area contributed by atoms with Crippen LogP contribution in [0, 0.1) is 13.8 Å². The van der Waals surface area contributed by atoms with Crippen molar-refractivity contribution in [3.63, 3.8) is 0 Å². The zero-order valence-corrected chi connectivity index (χ0v) is 23.4. The SMILES string of the molecule is CNC(=O)[C@H](C)N(Cc1ccc(Cl)c(Cl)c1)C(=O)CN(c1ccccc1C)S(=O)(=O)c1ccc(C)cc1. The molecule has 10 heteroatoms. The predicted molar refractivity (Wildman–Crippen MR) is 147 cm³/mol. The zero-order valence-electron chi connectivity index (χ0n) is 21.0. The lowest BCUT2D eigenvalue weighted by atomic mass is 10.1. The van der Waals surface area contributed by atoms with Crippen LogP contribution in [-0.4, -0.2) is 44.8 Å². The lowest BCUT2D eigenvalue weighted by molar-refractivity contribution is -0.139. The van der Waals surface area contributed by atoms with E-state index in [0.717, 1.165) is 9.87 Å². The van der Waals surface area contributed by atoms with Crippen LogP contribution in [-0.2, 0) is 26.2 Å². The minimum atomic E-state index is -4.11. The fraction of sp³-hybridized carbons (Fsp3) is 0.259. The van der Waals surface area contributed by atoms with Gasteiger partial charge in [-0.1, -0.05) is 65.2 Å². The van der Waals surface area contributed by atoms with Crippen LogP contribution in [0.2, 0.25) is 10.0 Å². The van der Waals surface area contributed by atoms with Gasteiger partial charge < -0.3 is 10.2 Å². The average molecular weight is 563 g/mol. The molecule has 0 aliphatic carbocycles. The van der Waals surface area contributed by atoms with E-state index in [-0.39, 0.29) is 11.4 Å². The fourth-order valence-electron chi connectivity index (χ4n) is 3.82. The lowest BCUT2D eigenvalue weighted by Gasteiger charge is -2.32. The van der Waals surface area contributed by atoms with Gasteiger partial charge >= 0.3 is 0 Å². The van der Waals surface area contributed by atoms with E-state index in [0.29, 0.717) is 26.9 Å². The Morgan fingerprint density at radius 1 is 0.946 bits per heavy atom. The number of hydrogen-bond donors (Lipinski definition) is 1. The van der Waals surface area contributed by atoms with Crippen molar-refractivity contribution in [1.82, 2.24) is 10.2 Å². The molecule has 0 fully saturated rings.